The Balaban J connectivity index is 2.46. The maximum absolute atomic E-state index is 12.6. The van der Waals surface area contributed by atoms with Crippen LogP contribution >= 0.6 is 11.6 Å². The van der Waals surface area contributed by atoms with Crippen LogP contribution in [0.25, 0.3) is 0 Å². The standard InChI is InChI=1S/C16H15ClO4/c1-19-11-5-7-14(20-2)12(9-11)16(18)10-4-6-15(21-3)13(17)8-10/h4-9H,1-3H3. The SMILES string of the molecule is COc1ccc(OC)c(C(=O)c2ccc(OC)c(Cl)c2)c1. The molecule has 0 heterocycles. The topological polar surface area (TPSA) is 44.8 Å². The first-order chi connectivity index (χ1) is 10.1. The van der Waals surface area contributed by atoms with Crippen LogP contribution < -0.4 is 14.2 Å². The third-order valence-corrected chi connectivity index (χ3v) is 3.36. The van der Waals surface area contributed by atoms with E-state index in [1.54, 1.807) is 43.5 Å². The molecular formula is C16H15ClO4. The van der Waals surface area contributed by atoms with Crippen molar-refractivity contribution in [1.29, 1.82) is 0 Å². The quantitative estimate of drug-likeness (QED) is 0.792. The number of rotatable bonds is 5. The molecule has 0 bridgehead atoms. The number of halogens is 1. The highest BCUT2D eigenvalue weighted by atomic mass is 35.5. The minimum Gasteiger partial charge on any atom is -0.497 e. The summed E-state index contributed by atoms with van der Waals surface area (Å²) in [5.74, 6) is 1.38. The van der Waals surface area contributed by atoms with E-state index in [9.17, 15) is 4.79 Å². The van der Waals surface area contributed by atoms with Crippen LogP contribution in [0.4, 0.5) is 0 Å². The first-order valence-electron chi connectivity index (χ1n) is 6.21. The van der Waals surface area contributed by atoms with Gasteiger partial charge in [0.25, 0.3) is 0 Å². The van der Waals surface area contributed by atoms with Gasteiger partial charge in [-0.1, -0.05) is 11.6 Å². The van der Waals surface area contributed by atoms with E-state index in [-0.39, 0.29) is 5.78 Å². The fourth-order valence-electron chi connectivity index (χ4n) is 1.95. The van der Waals surface area contributed by atoms with Gasteiger partial charge in [0.2, 0.25) is 0 Å². The van der Waals surface area contributed by atoms with Gasteiger partial charge in [-0.15, -0.1) is 0 Å². The molecule has 2 rings (SSSR count). The molecule has 0 radical (unpaired) electrons. The van der Waals surface area contributed by atoms with Crippen LogP contribution in [0, 0.1) is 0 Å². The van der Waals surface area contributed by atoms with Gasteiger partial charge in [-0.3, -0.25) is 4.79 Å². The third-order valence-electron chi connectivity index (χ3n) is 3.07. The number of hydrogen-bond acceptors (Lipinski definition) is 4. The monoisotopic (exact) mass is 306 g/mol. The summed E-state index contributed by atoms with van der Waals surface area (Å²) >= 11 is 6.06. The van der Waals surface area contributed by atoms with Crippen LogP contribution in [-0.2, 0) is 0 Å². The number of hydrogen-bond donors (Lipinski definition) is 0. The van der Waals surface area contributed by atoms with E-state index in [1.807, 2.05) is 0 Å². The van der Waals surface area contributed by atoms with E-state index in [4.69, 9.17) is 25.8 Å². The van der Waals surface area contributed by atoms with Crippen molar-refractivity contribution in [1.82, 2.24) is 0 Å². The smallest absolute Gasteiger partial charge is 0.196 e. The highest BCUT2D eigenvalue weighted by Gasteiger charge is 2.17. The molecule has 0 amide bonds. The van der Waals surface area contributed by atoms with Crippen molar-refractivity contribution >= 4 is 17.4 Å². The number of benzene rings is 2. The molecule has 21 heavy (non-hydrogen) atoms. The second kappa shape index (κ2) is 6.50. The van der Waals surface area contributed by atoms with E-state index in [0.717, 1.165) is 0 Å². The molecule has 110 valence electrons. The van der Waals surface area contributed by atoms with Crippen molar-refractivity contribution in [3.05, 3.63) is 52.5 Å². The molecule has 0 aliphatic heterocycles. The third kappa shape index (κ3) is 3.11. The molecule has 2 aromatic carbocycles. The van der Waals surface area contributed by atoms with Crippen molar-refractivity contribution < 1.29 is 19.0 Å². The summed E-state index contributed by atoms with van der Waals surface area (Å²) in [5, 5.41) is 0.380. The summed E-state index contributed by atoms with van der Waals surface area (Å²) in [5.41, 5.74) is 0.866. The Morgan fingerprint density at radius 2 is 1.57 bits per heavy atom. The van der Waals surface area contributed by atoms with Crippen molar-refractivity contribution in [2.75, 3.05) is 21.3 Å². The largest absolute Gasteiger partial charge is 0.497 e. The highest BCUT2D eigenvalue weighted by molar-refractivity contribution is 6.32. The second-order valence-electron chi connectivity index (χ2n) is 4.24. The van der Waals surface area contributed by atoms with Crippen LogP contribution in [0.1, 0.15) is 15.9 Å². The predicted molar refractivity (Wildman–Crippen MR) is 81.0 cm³/mol. The van der Waals surface area contributed by atoms with Crippen LogP contribution in [0.15, 0.2) is 36.4 Å². The molecule has 0 fully saturated rings. The predicted octanol–water partition coefficient (Wildman–Crippen LogP) is 3.60. The lowest BCUT2D eigenvalue weighted by molar-refractivity contribution is 0.103. The van der Waals surface area contributed by atoms with Gasteiger partial charge in [-0.25, -0.2) is 0 Å². The normalized spacial score (nSPS) is 10.1. The minimum absolute atomic E-state index is 0.199. The average molecular weight is 307 g/mol. The van der Waals surface area contributed by atoms with Gasteiger partial charge in [0.05, 0.1) is 31.9 Å². The lowest BCUT2D eigenvalue weighted by Gasteiger charge is -2.10. The number of ketones is 1. The zero-order valence-electron chi connectivity index (χ0n) is 12.0. The fraction of sp³-hybridized carbons (Fsp3) is 0.188. The Morgan fingerprint density at radius 1 is 0.905 bits per heavy atom. The van der Waals surface area contributed by atoms with E-state index in [0.29, 0.717) is 33.4 Å². The van der Waals surface area contributed by atoms with Gasteiger partial charge in [-0.2, -0.15) is 0 Å². The van der Waals surface area contributed by atoms with Crippen molar-refractivity contribution in [3.63, 3.8) is 0 Å². The summed E-state index contributed by atoms with van der Waals surface area (Å²) < 4.78 is 15.5. The zero-order valence-corrected chi connectivity index (χ0v) is 12.7. The maximum atomic E-state index is 12.6. The summed E-state index contributed by atoms with van der Waals surface area (Å²) in [6.45, 7) is 0. The number of ether oxygens (including phenoxy) is 3. The first-order valence-corrected chi connectivity index (χ1v) is 6.58. The van der Waals surface area contributed by atoms with Gasteiger partial charge in [0, 0.05) is 5.56 Å². The fourth-order valence-corrected chi connectivity index (χ4v) is 2.21. The molecule has 0 aromatic heterocycles. The summed E-state index contributed by atoms with van der Waals surface area (Å²) in [6, 6.07) is 9.95. The van der Waals surface area contributed by atoms with Gasteiger partial charge < -0.3 is 14.2 Å². The van der Waals surface area contributed by atoms with Crippen molar-refractivity contribution in [3.8, 4) is 17.2 Å². The molecular weight excluding hydrogens is 292 g/mol. The minimum atomic E-state index is -0.199. The number of carbonyl (C=O) groups excluding carboxylic acids is 1. The van der Waals surface area contributed by atoms with E-state index in [2.05, 4.69) is 0 Å². The molecule has 0 saturated carbocycles. The zero-order chi connectivity index (χ0) is 15.4. The van der Waals surface area contributed by atoms with Crippen molar-refractivity contribution in [2.24, 2.45) is 0 Å². The summed E-state index contributed by atoms with van der Waals surface area (Å²) in [6.07, 6.45) is 0. The molecule has 2 aromatic rings. The molecule has 0 unspecified atom stereocenters. The van der Waals surface area contributed by atoms with Crippen LogP contribution in [-0.4, -0.2) is 27.1 Å². The molecule has 5 heteroatoms. The average Bonchev–Trinajstić information content (AvgIpc) is 2.53. The van der Waals surface area contributed by atoms with Gasteiger partial charge in [-0.05, 0) is 36.4 Å². The second-order valence-corrected chi connectivity index (χ2v) is 4.65. The maximum Gasteiger partial charge on any atom is 0.196 e. The van der Waals surface area contributed by atoms with Crippen LogP contribution in [0.5, 0.6) is 17.2 Å². The molecule has 0 saturated heterocycles. The molecule has 0 atom stereocenters. The summed E-state index contributed by atoms with van der Waals surface area (Å²) in [4.78, 5) is 12.6. The van der Waals surface area contributed by atoms with E-state index < -0.39 is 0 Å². The molecule has 0 aliphatic carbocycles. The van der Waals surface area contributed by atoms with E-state index >= 15 is 0 Å². The molecule has 0 spiro atoms. The van der Waals surface area contributed by atoms with Crippen LogP contribution in [0.2, 0.25) is 5.02 Å². The Labute approximate surface area is 128 Å². The number of carbonyl (C=O) groups is 1. The summed E-state index contributed by atoms with van der Waals surface area (Å²) in [7, 11) is 4.58. The Morgan fingerprint density at radius 3 is 2.14 bits per heavy atom. The van der Waals surface area contributed by atoms with Crippen molar-refractivity contribution in [2.45, 2.75) is 0 Å². The Hall–Kier alpha value is -2.20. The molecule has 0 aliphatic rings. The van der Waals surface area contributed by atoms with Gasteiger partial charge in [0.15, 0.2) is 5.78 Å². The number of methoxy groups -OCH3 is 3. The highest BCUT2D eigenvalue weighted by Crippen LogP contribution is 2.29. The Bertz CT molecular complexity index is 667. The lowest BCUT2D eigenvalue weighted by Crippen LogP contribution is -2.05. The molecule has 4 nitrogen and oxygen atoms in total. The van der Waals surface area contributed by atoms with Crippen LogP contribution in [0.3, 0.4) is 0 Å². The van der Waals surface area contributed by atoms with Gasteiger partial charge >= 0.3 is 0 Å². The molecule has 0 N–H and O–H groups in total. The van der Waals surface area contributed by atoms with Gasteiger partial charge in [0.1, 0.15) is 17.2 Å². The Kier molecular flexibility index (Phi) is 4.70. The first kappa shape index (κ1) is 15.2. The lowest BCUT2D eigenvalue weighted by atomic mass is 10.0. The van der Waals surface area contributed by atoms with E-state index in [1.165, 1.54) is 14.2 Å².